The lowest BCUT2D eigenvalue weighted by Crippen LogP contribution is -2.32. The summed E-state index contributed by atoms with van der Waals surface area (Å²) in [5.41, 5.74) is 0.959. The highest BCUT2D eigenvalue weighted by molar-refractivity contribution is 5.93. The molecular formula is C24H36N6O2. The summed E-state index contributed by atoms with van der Waals surface area (Å²) in [5, 5.41) is 15.6. The van der Waals surface area contributed by atoms with Crippen LogP contribution in [0.4, 0.5) is 5.69 Å². The predicted molar refractivity (Wildman–Crippen MR) is 126 cm³/mol. The smallest absolute Gasteiger partial charge is 0.196 e. The second-order valence-electron chi connectivity index (χ2n) is 8.92. The van der Waals surface area contributed by atoms with Crippen LogP contribution in [0.15, 0.2) is 29.3 Å². The highest BCUT2D eigenvalue weighted by atomic mass is 16.5. The molecule has 0 saturated heterocycles. The van der Waals surface area contributed by atoms with Crippen molar-refractivity contribution in [2.24, 2.45) is 10.9 Å². The van der Waals surface area contributed by atoms with Gasteiger partial charge in [0.05, 0.1) is 6.10 Å². The van der Waals surface area contributed by atoms with Gasteiger partial charge >= 0.3 is 0 Å². The van der Waals surface area contributed by atoms with Crippen LogP contribution >= 0.6 is 0 Å². The fraction of sp³-hybridized carbons (Fsp3) is 0.625. The molecule has 0 bridgehead atoms. The molecule has 0 atom stereocenters. The molecule has 2 aliphatic rings. The molecule has 174 valence electrons. The average Bonchev–Trinajstić information content (AvgIpc) is 3.53. The summed E-state index contributed by atoms with van der Waals surface area (Å²) in [5.74, 6) is 4.41. The number of nitrogens with one attached hydrogen (secondary N) is 2. The zero-order chi connectivity index (χ0) is 22.2. The van der Waals surface area contributed by atoms with Crippen LogP contribution < -0.4 is 15.4 Å². The van der Waals surface area contributed by atoms with Crippen LogP contribution in [0, 0.1) is 5.92 Å². The second kappa shape index (κ2) is 11.3. The van der Waals surface area contributed by atoms with E-state index in [1.807, 2.05) is 38.1 Å². The first-order valence-electron chi connectivity index (χ1n) is 12.0. The molecule has 4 rings (SSSR count). The highest BCUT2D eigenvalue weighted by Crippen LogP contribution is 2.28. The number of nitrogens with zero attached hydrogens (tertiary/aromatic N) is 4. The van der Waals surface area contributed by atoms with Crippen LogP contribution in [-0.4, -0.2) is 46.6 Å². The van der Waals surface area contributed by atoms with Gasteiger partial charge in [-0.1, -0.05) is 0 Å². The Bertz CT molecular complexity index is 873. The van der Waals surface area contributed by atoms with Crippen molar-refractivity contribution in [1.29, 1.82) is 0 Å². The van der Waals surface area contributed by atoms with Gasteiger partial charge in [-0.15, -0.1) is 10.2 Å². The molecule has 2 aromatic rings. The number of anilines is 1. The number of ether oxygens (including phenoxy) is 2. The first-order chi connectivity index (χ1) is 15.7. The fourth-order valence-electron chi connectivity index (χ4n) is 3.72. The normalized spacial score (nSPS) is 16.2. The summed E-state index contributed by atoms with van der Waals surface area (Å²) >= 11 is 0. The third-order valence-corrected chi connectivity index (χ3v) is 5.61. The number of fused-ring (bicyclic) bond motifs is 1. The third-order valence-electron chi connectivity index (χ3n) is 5.61. The first-order valence-corrected chi connectivity index (χ1v) is 12.0. The van der Waals surface area contributed by atoms with Gasteiger partial charge in [-0.3, -0.25) is 0 Å². The van der Waals surface area contributed by atoms with Gasteiger partial charge in [0.1, 0.15) is 18.1 Å². The molecule has 0 spiro atoms. The SMILES string of the molecule is CC(C)Oc1ccc(NC(=NCc2nnc3n2CCCC3)NCCCOCC2CC2)cc1. The van der Waals surface area contributed by atoms with E-state index >= 15 is 0 Å². The molecular weight excluding hydrogens is 404 g/mol. The Labute approximate surface area is 190 Å². The maximum absolute atomic E-state index is 5.75. The Kier molecular flexibility index (Phi) is 7.98. The molecule has 0 unspecified atom stereocenters. The van der Waals surface area contributed by atoms with Crippen molar-refractivity contribution >= 4 is 11.6 Å². The minimum absolute atomic E-state index is 0.156. The van der Waals surface area contributed by atoms with Crippen molar-refractivity contribution in [2.45, 2.75) is 71.6 Å². The molecule has 1 aliphatic carbocycles. The molecule has 2 N–H and O–H groups in total. The van der Waals surface area contributed by atoms with Gasteiger partial charge in [0.25, 0.3) is 0 Å². The monoisotopic (exact) mass is 440 g/mol. The van der Waals surface area contributed by atoms with Gasteiger partial charge in [0, 0.05) is 38.4 Å². The van der Waals surface area contributed by atoms with Gasteiger partial charge in [-0.25, -0.2) is 4.99 Å². The van der Waals surface area contributed by atoms with Gasteiger partial charge in [0.15, 0.2) is 11.8 Å². The summed E-state index contributed by atoms with van der Waals surface area (Å²) in [6.45, 7) is 8.01. The van der Waals surface area contributed by atoms with Crippen LogP contribution in [0.5, 0.6) is 5.75 Å². The number of guanidine groups is 1. The van der Waals surface area contributed by atoms with E-state index in [0.29, 0.717) is 6.54 Å². The van der Waals surface area contributed by atoms with E-state index in [-0.39, 0.29) is 6.10 Å². The van der Waals surface area contributed by atoms with E-state index in [2.05, 4.69) is 25.4 Å². The van der Waals surface area contributed by atoms with Crippen LogP contribution in [0.1, 0.15) is 57.6 Å². The zero-order valence-electron chi connectivity index (χ0n) is 19.3. The molecule has 0 radical (unpaired) electrons. The minimum Gasteiger partial charge on any atom is -0.491 e. The third kappa shape index (κ3) is 6.95. The number of hydrogen-bond acceptors (Lipinski definition) is 5. The summed E-state index contributed by atoms with van der Waals surface area (Å²) in [4.78, 5) is 4.80. The predicted octanol–water partition coefficient (Wildman–Crippen LogP) is 3.78. The fourth-order valence-corrected chi connectivity index (χ4v) is 3.72. The van der Waals surface area contributed by atoms with E-state index in [4.69, 9.17) is 14.5 Å². The molecule has 0 amide bonds. The number of rotatable bonds is 11. The largest absolute Gasteiger partial charge is 0.491 e. The Morgan fingerprint density at radius 3 is 2.81 bits per heavy atom. The van der Waals surface area contributed by atoms with E-state index in [9.17, 15) is 0 Å². The number of aliphatic imine (C=N–C) groups is 1. The average molecular weight is 441 g/mol. The number of hydrogen-bond donors (Lipinski definition) is 2. The molecule has 1 aromatic heterocycles. The first kappa shape index (κ1) is 22.6. The molecule has 8 nitrogen and oxygen atoms in total. The Balaban J connectivity index is 1.35. The molecule has 2 heterocycles. The van der Waals surface area contributed by atoms with Crippen LogP contribution in [-0.2, 0) is 24.2 Å². The molecule has 1 aromatic carbocycles. The second-order valence-corrected chi connectivity index (χ2v) is 8.92. The van der Waals surface area contributed by atoms with Gasteiger partial charge in [0.2, 0.25) is 0 Å². The maximum Gasteiger partial charge on any atom is 0.196 e. The Morgan fingerprint density at radius 2 is 2.03 bits per heavy atom. The maximum atomic E-state index is 5.75. The highest BCUT2D eigenvalue weighted by Gasteiger charge is 2.20. The van der Waals surface area contributed by atoms with E-state index in [0.717, 1.165) is 74.1 Å². The van der Waals surface area contributed by atoms with Crippen molar-refractivity contribution in [1.82, 2.24) is 20.1 Å². The van der Waals surface area contributed by atoms with Crippen LogP contribution in [0.25, 0.3) is 0 Å². The molecule has 8 heteroatoms. The van der Waals surface area contributed by atoms with Gasteiger partial charge in [-0.2, -0.15) is 0 Å². The Morgan fingerprint density at radius 1 is 1.19 bits per heavy atom. The lowest BCUT2D eigenvalue weighted by Gasteiger charge is -2.15. The van der Waals surface area contributed by atoms with E-state index < -0.39 is 0 Å². The Hall–Kier alpha value is -2.61. The molecule has 1 saturated carbocycles. The quantitative estimate of drug-likeness (QED) is 0.314. The van der Waals surface area contributed by atoms with Gasteiger partial charge < -0.3 is 24.7 Å². The standard InChI is InChI=1S/C24H36N6O2/c1-18(2)32-21-11-9-20(10-12-21)27-24(25-13-5-15-31-17-19-7-8-19)26-16-23-29-28-22-6-3-4-14-30(22)23/h9-12,18-19H,3-8,13-17H2,1-2H3,(H2,25,26,27). The van der Waals surface area contributed by atoms with Crippen LogP contribution in [0.3, 0.4) is 0 Å². The summed E-state index contributed by atoms with van der Waals surface area (Å²) in [7, 11) is 0. The minimum atomic E-state index is 0.156. The van der Waals surface area contributed by atoms with Crippen molar-refractivity contribution < 1.29 is 9.47 Å². The molecule has 1 fully saturated rings. The molecule has 32 heavy (non-hydrogen) atoms. The van der Waals surface area contributed by atoms with Crippen molar-refractivity contribution in [3.8, 4) is 5.75 Å². The lowest BCUT2D eigenvalue weighted by atomic mass is 10.2. The number of benzene rings is 1. The molecule has 1 aliphatic heterocycles. The van der Waals surface area contributed by atoms with Gasteiger partial charge in [-0.05, 0) is 76.1 Å². The van der Waals surface area contributed by atoms with Crippen molar-refractivity contribution in [2.75, 3.05) is 25.1 Å². The topological polar surface area (TPSA) is 85.6 Å². The lowest BCUT2D eigenvalue weighted by molar-refractivity contribution is 0.123. The van der Waals surface area contributed by atoms with E-state index in [1.54, 1.807) is 0 Å². The van der Waals surface area contributed by atoms with Crippen molar-refractivity contribution in [3.63, 3.8) is 0 Å². The number of aromatic nitrogens is 3. The van der Waals surface area contributed by atoms with Crippen LogP contribution in [0.2, 0.25) is 0 Å². The summed E-state index contributed by atoms with van der Waals surface area (Å²) < 4.78 is 13.7. The number of aryl methyl sites for hydroxylation is 1. The summed E-state index contributed by atoms with van der Waals surface area (Å²) in [6.07, 6.45) is 7.12. The van der Waals surface area contributed by atoms with Crippen molar-refractivity contribution in [3.05, 3.63) is 35.9 Å². The summed E-state index contributed by atoms with van der Waals surface area (Å²) in [6, 6.07) is 7.96. The van der Waals surface area contributed by atoms with E-state index in [1.165, 1.54) is 25.7 Å². The zero-order valence-corrected chi connectivity index (χ0v) is 19.3.